The fraction of sp³-hybridized carbons (Fsp3) is 0.462. The number of hydrogen-bond donors (Lipinski definition) is 2. The minimum atomic E-state index is -0.706. The molecule has 0 saturated carbocycles. The number of aliphatic hydroxyl groups excluding tert-OH is 1. The Morgan fingerprint density at radius 1 is 1.44 bits per heavy atom. The van der Waals surface area contributed by atoms with Crippen LogP contribution in [0, 0.1) is 11.2 Å². The highest BCUT2D eigenvalue weighted by molar-refractivity contribution is 9.10. The highest BCUT2D eigenvalue weighted by Crippen LogP contribution is 2.26. The number of aliphatic imine (C=N–C) groups is 1. The second-order valence-corrected chi connectivity index (χ2v) is 6.08. The predicted octanol–water partition coefficient (Wildman–Crippen LogP) is 3.12. The Kier molecular flexibility index (Phi) is 4.87. The molecule has 3 nitrogen and oxygen atoms in total. The molecule has 5 heteroatoms. The van der Waals surface area contributed by atoms with Gasteiger partial charge in [0.25, 0.3) is 0 Å². The van der Waals surface area contributed by atoms with Crippen molar-refractivity contribution >= 4 is 22.1 Å². The van der Waals surface area contributed by atoms with Crippen LogP contribution in [0.5, 0.6) is 5.75 Å². The zero-order chi connectivity index (χ0) is 13.9. The first-order valence-electron chi connectivity index (χ1n) is 5.57. The summed E-state index contributed by atoms with van der Waals surface area (Å²) in [5.74, 6) is -1.14. The van der Waals surface area contributed by atoms with Gasteiger partial charge in [-0.1, -0.05) is 36.7 Å². The molecule has 0 aliphatic rings. The van der Waals surface area contributed by atoms with Crippen LogP contribution in [0.1, 0.15) is 26.3 Å². The molecule has 0 unspecified atom stereocenters. The van der Waals surface area contributed by atoms with E-state index in [1.165, 1.54) is 12.3 Å². The Bertz CT molecular complexity index is 455. The monoisotopic (exact) mass is 317 g/mol. The normalized spacial score (nSPS) is 14.1. The molecule has 0 aliphatic carbocycles. The van der Waals surface area contributed by atoms with Crippen LogP contribution in [0.15, 0.2) is 21.6 Å². The highest BCUT2D eigenvalue weighted by Gasteiger charge is 2.22. The average Bonchev–Trinajstić information content (AvgIpc) is 2.23. The molecule has 1 aromatic rings. The molecule has 0 aromatic heterocycles. The average molecular weight is 318 g/mol. The molecule has 100 valence electrons. The topological polar surface area (TPSA) is 52.8 Å². The Labute approximate surface area is 115 Å². The van der Waals surface area contributed by atoms with E-state index < -0.39 is 11.6 Å². The maximum Gasteiger partial charge on any atom is 0.166 e. The van der Waals surface area contributed by atoms with Gasteiger partial charge < -0.3 is 10.2 Å². The molecule has 0 saturated heterocycles. The van der Waals surface area contributed by atoms with Gasteiger partial charge in [0.15, 0.2) is 11.6 Å². The summed E-state index contributed by atoms with van der Waals surface area (Å²) >= 11 is 3.15. The van der Waals surface area contributed by atoms with Crippen molar-refractivity contribution in [3.05, 3.63) is 28.0 Å². The van der Waals surface area contributed by atoms with E-state index in [-0.39, 0.29) is 23.6 Å². The summed E-state index contributed by atoms with van der Waals surface area (Å²) in [7, 11) is 0. The van der Waals surface area contributed by atoms with E-state index >= 15 is 0 Å². The molecule has 0 amide bonds. The lowest BCUT2D eigenvalue weighted by molar-refractivity contribution is 0.191. The van der Waals surface area contributed by atoms with Gasteiger partial charge in [0, 0.05) is 16.3 Å². The third-order valence-electron chi connectivity index (χ3n) is 2.62. The van der Waals surface area contributed by atoms with Crippen LogP contribution in [-0.4, -0.2) is 29.1 Å². The maximum atomic E-state index is 13.3. The molecule has 2 N–H and O–H groups in total. The lowest BCUT2D eigenvalue weighted by Gasteiger charge is -2.25. The lowest BCUT2D eigenvalue weighted by atomic mass is 9.88. The van der Waals surface area contributed by atoms with E-state index in [4.69, 9.17) is 0 Å². The van der Waals surface area contributed by atoms with Crippen molar-refractivity contribution in [1.29, 1.82) is 0 Å². The molecule has 0 bridgehead atoms. The van der Waals surface area contributed by atoms with Crippen molar-refractivity contribution < 1.29 is 14.6 Å². The minimum Gasteiger partial charge on any atom is -0.504 e. The quantitative estimate of drug-likeness (QED) is 0.842. The summed E-state index contributed by atoms with van der Waals surface area (Å²) in [6.45, 7) is 5.75. The molecule has 1 atom stereocenters. The van der Waals surface area contributed by atoms with Gasteiger partial charge >= 0.3 is 0 Å². The van der Waals surface area contributed by atoms with Gasteiger partial charge in [-0.05, 0) is 17.5 Å². The third-order valence-corrected chi connectivity index (χ3v) is 3.08. The van der Waals surface area contributed by atoms with Gasteiger partial charge in [0.1, 0.15) is 0 Å². The second-order valence-electron chi connectivity index (χ2n) is 5.17. The highest BCUT2D eigenvalue weighted by atomic mass is 79.9. The van der Waals surface area contributed by atoms with Crippen LogP contribution in [0.4, 0.5) is 4.39 Å². The first-order chi connectivity index (χ1) is 8.25. The number of phenols is 1. The van der Waals surface area contributed by atoms with Crippen LogP contribution in [0.25, 0.3) is 0 Å². The standard InChI is InChI=1S/C13H17BrFNO2/c1-13(2,3)11(7-17)16-6-8-4-9(14)5-10(15)12(8)18/h4-6,11,17-18H,7H2,1-3H3/t11-/m0/s1. The first kappa shape index (κ1) is 15.1. The molecule has 0 aliphatic heterocycles. The van der Waals surface area contributed by atoms with Crippen LogP contribution in [-0.2, 0) is 0 Å². The fourth-order valence-electron chi connectivity index (χ4n) is 1.40. The van der Waals surface area contributed by atoms with E-state index in [9.17, 15) is 14.6 Å². The largest absolute Gasteiger partial charge is 0.504 e. The third kappa shape index (κ3) is 3.78. The molecule has 1 rings (SSSR count). The second kappa shape index (κ2) is 5.80. The predicted molar refractivity (Wildman–Crippen MR) is 73.7 cm³/mol. The molecular formula is C13H17BrFNO2. The zero-order valence-electron chi connectivity index (χ0n) is 10.6. The van der Waals surface area contributed by atoms with E-state index in [2.05, 4.69) is 20.9 Å². The SMILES string of the molecule is CC(C)(C)[C@H](CO)N=Cc1cc(Br)cc(F)c1O. The fourth-order valence-corrected chi connectivity index (χ4v) is 1.85. The van der Waals surface area contributed by atoms with Gasteiger partial charge in [0.05, 0.1) is 12.6 Å². The molecule has 1 aromatic carbocycles. The summed E-state index contributed by atoms with van der Waals surface area (Å²) in [6.07, 6.45) is 1.38. The number of hydrogen-bond acceptors (Lipinski definition) is 3. The first-order valence-corrected chi connectivity index (χ1v) is 6.37. The summed E-state index contributed by atoms with van der Waals surface area (Å²) in [5.41, 5.74) is 0.0791. The number of benzene rings is 1. The van der Waals surface area contributed by atoms with Crippen LogP contribution in [0.2, 0.25) is 0 Å². The maximum absolute atomic E-state index is 13.3. The number of nitrogens with zero attached hydrogens (tertiary/aromatic N) is 1. The van der Waals surface area contributed by atoms with Crippen molar-refractivity contribution in [2.75, 3.05) is 6.61 Å². The van der Waals surface area contributed by atoms with Crippen molar-refractivity contribution in [2.24, 2.45) is 10.4 Å². The summed E-state index contributed by atoms with van der Waals surface area (Å²) in [6, 6.07) is 2.44. The molecular weight excluding hydrogens is 301 g/mol. The van der Waals surface area contributed by atoms with Crippen LogP contribution >= 0.6 is 15.9 Å². The van der Waals surface area contributed by atoms with E-state index in [1.54, 1.807) is 6.07 Å². The minimum absolute atomic E-state index is 0.1000. The summed E-state index contributed by atoms with van der Waals surface area (Å²) < 4.78 is 13.8. The van der Waals surface area contributed by atoms with Crippen molar-refractivity contribution in [2.45, 2.75) is 26.8 Å². The number of phenolic OH excluding ortho intramolecular Hbond substituents is 1. The van der Waals surface area contributed by atoms with Gasteiger partial charge in [0.2, 0.25) is 0 Å². The molecule has 0 heterocycles. The molecule has 18 heavy (non-hydrogen) atoms. The number of aliphatic hydroxyl groups is 1. The number of rotatable bonds is 3. The molecule has 0 fully saturated rings. The van der Waals surface area contributed by atoms with Gasteiger partial charge in [-0.15, -0.1) is 0 Å². The Hall–Kier alpha value is -0.940. The molecule has 0 radical (unpaired) electrons. The van der Waals surface area contributed by atoms with Gasteiger partial charge in [-0.3, -0.25) is 4.99 Å². The summed E-state index contributed by atoms with van der Waals surface area (Å²) in [4.78, 5) is 4.20. The van der Waals surface area contributed by atoms with E-state index in [0.29, 0.717) is 4.47 Å². The van der Waals surface area contributed by atoms with Gasteiger partial charge in [-0.25, -0.2) is 4.39 Å². The van der Waals surface area contributed by atoms with Crippen molar-refractivity contribution in [3.8, 4) is 5.75 Å². The van der Waals surface area contributed by atoms with Crippen molar-refractivity contribution in [3.63, 3.8) is 0 Å². The van der Waals surface area contributed by atoms with Gasteiger partial charge in [-0.2, -0.15) is 0 Å². The zero-order valence-corrected chi connectivity index (χ0v) is 12.2. The Morgan fingerprint density at radius 2 is 2.06 bits per heavy atom. The number of aromatic hydroxyl groups is 1. The molecule has 0 spiro atoms. The van der Waals surface area contributed by atoms with E-state index in [1.807, 2.05) is 20.8 Å². The smallest absolute Gasteiger partial charge is 0.166 e. The van der Waals surface area contributed by atoms with Crippen LogP contribution < -0.4 is 0 Å². The summed E-state index contributed by atoms with van der Waals surface area (Å²) in [5, 5.41) is 18.8. The Morgan fingerprint density at radius 3 is 2.56 bits per heavy atom. The van der Waals surface area contributed by atoms with Crippen LogP contribution in [0.3, 0.4) is 0 Å². The van der Waals surface area contributed by atoms with Crippen molar-refractivity contribution in [1.82, 2.24) is 0 Å². The number of halogens is 2. The lowest BCUT2D eigenvalue weighted by Crippen LogP contribution is -2.28. The van der Waals surface area contributed by atoms with E-state index in [0.717, 1.165) is 0 Å². The Balaban J connectivity index is 3.04.